The van der Waals surface area contributed by atoms with E-state index in [1.165, 1.54) is 12.1 Å². The molecular weight excluding hydrogens is 306 g/mol. The molecule has 1 heterocycles. The van der Waals surface area contributed by atoms with Gasteiger partial charge in [0.25, 0.3) is 0 Å². The topological polar surface area (TPSA) is 28.7 Å². The fourth-order valence-electron chi connectivity index (χ4n) is 1.52. The van der Waals surface area contributed by atoms with E-state index < -0.39 is 0 Å². The molecule has 0 aliphatic rings. The molecule has 0 amide bonds. The molecule has 4 heteroatoms. The number of aryl methyl sites for hydroxylation is 1. The van der Waals surface area contributed by atoms with Crippen molar-refractivity contribution in [1.29, 1.82) is 0 Å². The van der Waals surface area contributed by atoms with Gasteiger partial charge in [0.2, 0.25) is 0 Å². The summed E-state index contributed by atoms with van der Waals surface area (Å²) in [6, 6.07) is 6.50. The van der Waals surface area contributed by atoms with Crippen LogP contribution in [0.15, 0.2) is 24.3 Å². The SMILES string of the molecule is CCc1[nH]nc(I)c1-c1ccc(F)cc1. The van der Waals surface area contributed by atoms with E-state index in [-0.39, 0.29) is 5.82 Å². The van der Waals surface area contributed by atoms with Crippen molar-refractivity contribution >= 4 is 22.6 Å². The Balaban J connectivity index is 2.52. The van der Waals surface area contributed by atoms with Crippen molar-refractivity contribution in [3.63, 3.8) is 0 Å². The molecule has 0 spiro atoms. The molecular formula is C11H10FIN2. The summed E-state index contributed by atoms with van der Waals surface area (Å²) in [6.07, 6.45) is 0.892. The Morgan fingerprint density at radius 3 is 2.60 bits per heavy atom. The molecule has 0 unspecified atom stereocenters. The Morgan fingerprint density at radius 2 is 2.00 bits per heavy atom. The van der Waals surface area contributed by atoms with Gasteiger partial charge in [-0.15, -0.1) is 0 Å². The molecule has 2 rings (SSSR count). The molecule has 2 nitrogen and oxygen atoms in total. The second kappa shape index (κ2) is 4.30. The third kappa shape index (κ3) is 2.04. The Hall–Kier alpha value is -0.910. The zero-order valence-electron chi connectivity index (χ0n) is 8.22. The van der Waals surface area contributed by atoms with E-state index in [1.54, 1.807) is 12.1 Å². The Bertz CT molecular complexity index is 462. The number of H-pyrrole nitrogens is 1. The van der Waals surface area contributed by atoms with Gasteiger partial charge >= 0.3 is 0 Å². The molecule has 0 fully saturated rings. The predicted molar refractivity (Wildman–Crippen MR) is 66.1 cm³/mol. The summed E-state index contributed by atoms with van der Waals surface area (Å²) >= 11 is 2.18. The molecule has 1 N–H and O–H groups in total. The van der Waals surface area contributed by atoms with Gasteiger partial charge in [-0.1, -0.05) is 19.1 Å². The summed E-state index contributed by atoms with van der Waals surface area (Å²) in [5.74, 6) is -0.213. The number of nitrogens with zero attached hydrogens (tertiary/aromatic N) is 1. The smallest absolute Gasteiger partial charge is 0.131 e. The minimum atomic E-state index is -0.213. The van der Waals surface area contributed by atoms with Crippen LogP contribution >= 0.6 is 22.6 Å². The van der Waals surface area contributed by atoms with E-state index in [0.717, 1.165) is 26.9 Å². The maximum absolute atomic E-state index is 12.8. The van der Waals surface area contributed by atoms with E-state index in [9.17, 15) is 4.39 Å². The van der Waals surface area contributed by atoms with E-state index in [2.05, 4.69) is 39.7 Å². The third-order valence-corrected chi connectivity index (χ3v) is 3.06. The number of halogens is 2. The first-order chi connectivity index (χ1) is 7.22. The highest BCUT2D eigenvalue weighted by atomic mass is 127. The highest BCUT2D eigenvalue weighted by molar-refractivity contribution is 14.1. The fraction of sp³-hybridized carbons (Fsp3) is 0.182. The van der Waals surface area contributed by atoms with Gasteiger partial charge in [-0.3, -0.25) is 5.10 Å². The average Bonchev–Trinajstić information content (AvgIpc) is 2.61. The van der Waals surface area contributed by atoms with Crippen LogP contribution in [0.4, 0.5) is 4.39 Å². The van der Waals surface area contributed by atoms with Crippen LogP contribution in [-0.4, -0.2) is 10.2 Å². The Labute approximate surface area is 101 Å². The number of benzene rings is 1. The number of aromatic amines is 1. The number of aromatic nitrogens is 2. The normalized spacial score (nSPS) is 10.6. The number of nitrogens with one attached hydrogen (secondary N) is 1. The lowest BCUT2D eigenvalue weighted by Crippen LogP contribution is -1.86. The van der Waals surface area contributed by atoms with Gasteiger partial charge in [0.1, 0.15) is 9.52 Å². The van der Waals surface area contributed by atoms with E-state index >= 15 is 0 Å². The number of hydrogen-bond donors (Lipinski definition) is 1. The minimum absolute atomic E-state index is 0.213. The van der Waals surface area contributed by atoms with E-state index in [0.29, 0.717) is 0 Å². The molecule has 0 atom stereocenters. The maximum atomic E-state index is 12.8. The van der Waals surface area contributed by atoms with Gasteiger partial charge in [0.15, 0.2) is 0 Å². The molecule has 1 aromatic carbocycles. The lowest BCUT2D eigenvalue weighted by molar-refractivity contribution is 0.628. The van der Waals surface area contributed by atoms with Gasteiger partial charge < -0.3 is 0 Å². The summed E-state index contributed by atoms with van der Waals surface area (Å²) in [5, 5.41) is 7.14. The highest BCUT2D eigenvalue weighted by Gasteiger charge is 2.11. The van der Waals surface area contributed by atoms with Gasteiger partial charge in [-0.05, 0) is 46.7 Å². The van der Waals surface area contributed by atoms with Crippen LogP contribution in [0.2, 0.25) is 0 Å². The lowest BCUT2D eigenvalue weighted by Gasteiger charge is -2.01. The molecule has 0 aliphatic heterocycles. The van der Waals surface area contributed by atoms with E-state index in [1.807, 2.05) is 0 Å². The number of hydrogen-bond acceptors (Lipinski definition) is 1. The van der Waals surface area contributed by atoms with Crippen molar-refractivity contribution in [2.45, 2.75) is 13.3 Å². The zero-order chi connectivity index (χ0) is 10.8. The van der Waals surface area contributed by atoms with Crippen molar-refractivity contribution in [2.24, 2.45) is 0 Å². The zero-order valence-corrected chi connectivity index (χ0v) is 10.4. The molecule has 0 aliphatic carbocycles. The molecule has 78 valence electrons. The minimum Gasteiger partial charge on any atom is -0.281 e. The molecule has 0 bridgehead atoms. The summed E-state index contributed by atoms with van der Waals surface area (Å²) in [4.78, 5) is 0. The molecule has 0 saturated carbocycles. The summed E-state index contributed by atoms with van der Waals surface area (Å²) in [7, 11) is 0. The van der Waals surface area contributed by atoms with Crippen molar-refractivity contribution < 1.29 is 4.39 Å². The number of rotatable bonds is 2. The second-order valence-corrected chi connectivity index (χ2v) is 4.25. The van der Waals surface area contributed by atoms with Crippen LogP contribution in [0.3, 0.4) is 0 Å². The molecule has 2 aromatic rings. The fourth-order valence-corrected chi connectivity index (χ4v) is 2.28. The van der Waals surface area contributed by atoms with Gasteiger partial charge in [0, 0.05) is 11.3 Å². The highest BCUT2D eigenvalue weighted by Crippen LogP contribution is 2.27. The Kier molecular flexibility index (Phi) is 3.04. The first-order valence-corrected chi connectivity index (χ1v) is 5.79. The second-order valence-electron chi connectivity index (χ2n) is 3.23. The molecule has 0 saturated heterocycles. The van der Waals surface area contributed by atoms with Gasteiger partial charge in [0.05, 0.1) is 0 Å². The summed E-state index contributed by atoms with van der Waals surface area (Å²) < 4.78 is 13.7. The maximum Gasteiger partial charge on any atom is 0.131 e. The summed E-state index contributed by atoms with van der Waals surface area (Å²) in [6.45, 7) is 2.07. The lowest BCUT2D eigenvalue weighted by atomic mass is 10.1. The van der Waals surface area contributed by atoms with Crippen molar-refractivity contribution in [3.05, 3.63) is 39.5 Å². The van der Waals surface area contributed by atoms with Crippen LogP contribution in [0, 0.1) is 9.52 Å². The van der Waals surface area contributed by atoms with Crippen LogP contribution < -0.4 is 0 Å². The van der Waals surface area contributed by atoms with Crippen LogP contribution in [-0.2, 0) is 6.42 Å². The molecule has 0 radical (unpaired) electrons. The third-order valence-electron chi connectivity index (χ3n) is 2.28. The standard InChI is InChI=1S/C11H10FIN2/c1-2-9-10(11(13)15-14-9)7-3-5-8(12)6-4-7/h3-6H,2H2,1H3,(H,14,15). The predicted octanol–water partition coefficient (Wildman–Crippen LogP) is 3.38. The monoisotopic (exact) mass is 316 g/mol. The molecule has 15 heavy (non-hydrogen) atoms. The van der Waals surface area contributed by atoms with Crippen molar-refractivity contribution in [3.8, 4) is 11.1 Å². The Morgan fingerprint density at radius 1 is 1.33 bits per heavy atom. The molecule has 1 aromatic heterocycles. The van der Waals surface area contributed by atoms with Crippen molar-refractivity contribution in [2.75, 3.05) is 0 Å². The van der Waals surface area contributed by atoms with Gasteiger partial charge in [-0.25, -0.2) is 4.39 Å². The largest absolute Gasteiger partial charge is 0.281 e. The first-order valence-electron chi connectivity index (χ1n) is 4.71. The van der Waals surface area contributed by atoms with Crippen molar-refractivity contribution in [1.82, 2.24) is 10.2 Å². The summed E-state index contributed by atoms with van der Waals surface area (Å²) in [5.41, 5.74) is 3.18. The van der Waals surface area contributed by atoms with Crippen LogP contribution in [0.1, 0.15) is 12.6 Å². The van der Waals surface area contributed by atoms with Crippen LogP contribution in [0.5, 0.6) is 0 Å². The first kappa shape index (κ1) is 10.6. The van der Waals surface area contributed by atoms with Gasteiger partial charge in [-0.2, -0.15) is 5.10 Å². The average molecular weight is 316 g/mol. The van der Waals surface area contributed by atoms with Crippen LogP contribution in [0.25, 0.3) is 11.1 Å². The van der Waals surface area contributed by atoms with E-state index in [4.69, 9.17) is 0 Å². The quantitative estimate of drug-likeness (QED) is 0.846.